The number of rotatable bonds is 5. The van der Waals surface area contributed by atoms with E-state index < -0.39 is 0 Å². The molecule has 0 N–H and O–H groups in total. The number of amides is 1. The van der Waals surface area contributed by atoms with Gasteiger partial charge in [0.05, 0.1) is 12.2 Å². The summed E-state index contributed by atoms with van der Waals surface area (Å²) in [5.41, 5.74) is 0.659. The number of carbonyl (C=O) groups is 1. The van der Waals surface area contributed by atoms with E-state index in [1.807, 2.05) is 19.1 Å². The van der Waals surface area contributed by atoms with Gasteiger partial charge in [-0.3, -0.25) is 4.79 Å². The molecule has 1 aromatic rings. The average Bonchev–Trinajstić information content (AvgIpc) is 2.28. The van der Waals surface area contributed by atoms with E-state index >= 15 is 0 Å². The van der Waals surface area contributed by atoms with E-state index in [4.69, 9.17) is 4.74 Å². The molecule has 3 nitrogen and oxygen atoms in total. The lowest BCUT2D eigenvalue weighted by molar-refractivity contribution is 0.0709. The Morgan fingerprint density at radius 2 is 2.12 bits per heavy atom. The zero-order valence-electron chi connectivity index (χ0n) is 9.87. The molecule has 0 unspecified atom stereocenters. The van der Waals surface area contributed by atoms with Crippen LogP contribution in [0.15, 0.2) is 27.1 Å². The largest absolute Gasteiger partial charge is 0.380 e. The molecule has 0 aromatic heterocycles. The second-order valence-electron chi connectivity index (χ2n) is 3.55. The average molecular weight is 365 g/mol. The van der Waals surface area contributed by atoms with Crippen molar-refractivity contribution in [1.82, 2.24) is 4.90 Å². The van der Waals surface area contributed by atoms with Crippen molar-refractivity contribution in [3.63, 3.8) is 0 Å². The third-order valence-electron chi connectivity index (χ3n) is 2.28. The van der Waals surface area contributed by atoms with Gasteiger partial charge in [-0.15, -0.1) is 0 Å². The first-order valence-electron chi connectivity index (χ1n) is 5.34. The molecule has 0 radical (unpaired) electrons. The van der Waals surface area contributed by atoms with E-state index in [1.165, 1.54) is 0 Å². The molecule has 0 atom stereocenters. The molecule has 0 fully saturated rings. The number of nitrogens with zero attached hydrogens (tertiary/aromatic N) is 1. The second kappa shape index (κ2) is 7.13. The van der Waals surface area contributed by atoms with Crippen molar-refractivity contribution in [1.29, 1.82) is 0 Å². The Balaban J connectivity index is 2.68. The van der Waals surface area contributed by atoms with E-state index in [1.54, 1.807) is 18.0 Å². The number of ether oxygens (including phenoxy) is 1. The highest BCUT2D eigenvalue weighted by Crippen LogP contribution is 2.22. The van der Waals surface area contributed by atoms with Crippen LogP contribution in [0.2, 0.25) is 0 Å². The van der Waals surface area contributed by atoms with Crippen molar-refractivity contribution in [3.8, 4) is 0 Å². The third kappa shape index (κ3) is 4.41. The molecule has 94 valence electrons. The lowest BCUT2D eigenvalue weighted by Crippen LogP contribution is -2.30. The number of carbonyl (C=O) groups excluding carboxylic acids is 1. The van der Waals surface area contributed by atoms with Crippen LogP contribution in [0, 0.1) is 0 Å². The zero-order chi connectivity index (χ0) is 12.8. The standard InChI is InChI=1S/C12H15Br2NO2/c1-3-17-7-6-15(2)12(16)10-5-4-9(13)8-11(10)14/h4-5,8H,3,6-7H2,1-2H3. The highest BCUT2D eigenvalue weighted by atomic mass is 79.9. The Morgan fingerprint density at radius 1 is 1.41 bits per heavy atom. The molecule has 0 saturated heterocycles. The van der Waals surface area contributed by atoms with Crippen LogP contribution in [0.5, 0.6) is 0 Å². The molecule has 17 heavy (non-hydrogen) atoms. The van der Waals surface area contributed by atoms with Gasteiger partial charge in [0.1, 0.15) is 0 Å². The molecule has 1 aromatic carbocycles. The van der Waals surface area contributed by atoms with Gasteiger partial charge in [-0.25, -0.2) is 0 Å². The molecule has 0 bridgehead atoms. The third-order valence-corrected chi connectivity index (χ3v) is 3.43. The van der Waals surface area contributed by atoms with Crippen LogP contribution in [0.4, 0.5) is 0 Å². The normalized spacial score (nSPS) is 10.4. The van der Waals surface area contributed by atoms with Crippen molar-refractivity contribution in [2.45, 2.75) is 6.92 Å². The number of halogens is 2. The fraction of sp³-hybridized carbons (Fsp3) is 0.417. The first-order valence-corrected chi connectivity index (χ1v) is 6.93. The van der Waals surface area contributed by atoms with E-state index in [2.05, 4.69) is 31.9 Å². The smallest absolute Gasteiger partial charge is 0.254 e. The van der Waals surface area contributed by atoms with Crippen LogP contribution in [0.3, 0.4) is 0 Å². The van der Waals surface area contributed by atoms with Crippen molar-refractivity contribution in [2.75, 3.05) is 26.8 Å². The van der Waals surface area contributed by atoms with Crippen molar-refractivity contribution in [2.24, 2.45) is 0 Å². The van der Waals surface area contributed by atoms with E-state index in [0.717, 1.165) is 8.95 Å². The van der Waals surface area contributed by atoms with E-state index in [-0.39, 0.29) is 5.91 Å². The SMILES string of the molecule is CCOCCN(C)C(=O)c1ccc(Br)cc1Br. The van der Waals surface area contributed by atoms with Gasteiger partial charge >= 0.3 is 0 Å². The zero-order valence-corrected chi connectivity index (χ0v) is 13.0. The molecule has 0 spiro atoms. The van der Waals surface area contributed by atoms with Gasteiger partial charge in [0.25, 0.3) is 5.91 Å². The maximum Gasteiger partial charge on any atom is 0.254 e. The van der Waals surface area contributed by atoms with Crippen LogP contribution in [-0.4, -0.2) is 37.6 Å². The quantitative estimate of drug-likeness (QED) is 0.750. The van der Waals surface area contributed by atoms with Crippen LogP contribution in [0.25, 0.3) is 0 Å². The van der Waals surface area contributed by atoms with Crippen LogP contribution in [0.1, 0.15) is 17.3 Å². The molecule has 0 aliphatic heterocycles. The first-order chi connectivity index (χ1) is 8.06. The van der Waals surface area contributed by atoms with Crippen LogP contribution in [-0.2, 0) is 4.74 Å². The highest BCUT2D eigenvalue weighted by molar-refractivity contribution is 9.11. The minimum atomic E-state index is -0.0101. The van der Waals surface area contributed by atoms with Gasteiger partial charge in [-0.2, -0.15) is 0 Å². The highest BCUT2D eigenvalue weighted by Gasteiger charge is 2.14. The molecule has 1 rings (SSSR count). The predicted octanol–water partition coefficient (Wildman–Crippen LogP) is 3.32. The lowest BCUT2D eigenvalue weighted by atomic mass is 10.2. The van der Waals surface area contributed by atoms with Crippen LogP contribution >= 0.6 is 31.9 Å². The molecule has 0 aliphatic rings. The predicted molar refractivity (Wildman–Crippen MR) is 75.3 cm³/mol. The van der Waals surface area contributed by atoms with Gasteiger partial charge in [0.15, 0.2) is 0 Å². The maximum atomic E-state index is 12.1. The fourth-order valence-electron chi connectivity index (χ4n) is 1.32. The maximum absolute atomic E-state index is 12.1. The molecule has 5 heteroatoms. The molecule has 0 heterocycles. The summed E-state index contributed by atoms with van der Waals surface area (Å²) in [5, 5.41) is 0. The van der Waals surface area contributed by atoms with Gasteiger partial charge in [0, 0.05) is 29.1 Å². The Morgan fingerprint density at radius 3 is 2.71 bits per heavy atom. The topological polar surface area (TPSA) is 29.5 Å². The number of hydrogen-bond donors (Lipinski definition) is 0. The van der Waals surface area contributed by atoms with Crippen LogP contribution < -0.4 is 0 Å². The van der Waals surface area contributed by atoms with Crippen molar-refractivity contribution >= 4 is 37.8 Å². The first kappa shape index (κ1) is 14.7. The fourth-order valence-corrected chi connectivity index (χ4v) is 2.53. The Hall–Kier alpha value is -0.390. The number of benzene rings is 1. The Bertz CT molecular complexity index is 396. The van der Waals surface area contributed by atoms with Crippen molar-refractivity contribution < 1.29 is 9.53 Å². The molecular weight excluding hydrogens is 350 g/mol. The van der Waals surface area contributed by atoms with E-state index in [0.29, 0.717) is 25.3 Å². The Labute approximate surface area is 118 Å². The number of hydrogen-bond acceptors (Lipinski definition) is 2. The van der Waals surface area contributed by atoms with E-state index in [9.17, 15) is 4.79 Å². The second-order valence-corrected chi connectivity index (χ2v) is 5.32. The molecular formula is C12H15Br2NO2. The summed E-state index contributed by atoms with van der Waals surface area (Å²) < 4.78 is 6.96. The summed E-state index contributed by atoms with van der Waals surface area (Å²) in [7, 11) is 1.77. The molecule has 0 saturated carbocycles. The summed E-state index contributed by atoms with van der Waals surface area (Å²) in [4.78, 5) is 13.8. The summed E-state index contributed by atoms with van der Waals surface area (Å²) >= 11 is 6.75. The minimum absolute atomic E-state index is 0.0101. The van der Waals surface area contributed by atoms with Gasteiger partial charge in [-0.05, 0) is 41.1 Å². The molecule has 1 amide bonds. The minimum Gasteiger partial charge on any atom is -0.380 e. The van der Waals surface area contributed by atoms with Gasteiger partial charge < -0.3 is 9.64 Å². The van der Waals surface area contributed by atoms with Gasteiger partial charge in [-0.1, -0.05) is 15.9 Å². The van der Waals surface area contributed by atoms with Crippen molar-refractivity contribution in [3.05, 3.63) is 32.7 Å². The Kier molecular flexibility index (Phi) is 6.16. The summed E-state index contributed by atoms with van der Waals surface area (Å²) in [6, 6.07) is 5.52. The lowest BCUT2D eigenvalue weighted by Gasteiger charge is -2.17. The number of likely N-dealkylation sites (N-methyl/N-ethyl adjacent to an activating group) is 1. The monoisotopic (exact) mass is 363 g/mol. The van der Waals surface area contributed by atoms with Gasteiger partial charge in [0.2, 0.25) is 0 Å². The summed E-state index contributed by atoms with van der Waals surface area (Å²) in [6.07, 6.45) is 0. The summed E-state index contributed by atoms with van der Waals surface area (Å²) in [5.74, 6) is -0.0101. The molecule has 0 aliphatic carbocycles. The summed E-state index contributed by atoms with van der Waals surface area (Å²) in [6.45, 7) is 3.76.